The number of benzene rings is 2. The fraction of sp³-hybridized carbons (Fsp3) is 0.523. The molecule has 0 spiro atoms. The van der Waals surface area contributed by atoms with E-state index in [0.29, 0.717) is 19.3 Å². The lowest BCUT2D eigenvalue weighted by Crippen LogP contribution is -2.57. The van der Waals surface area contributed by atoms with Crippen molar-refractivity contribution in [3.63, 3.8) is 0 Å². The van der Waals surface area contributed by atoms with Gasteiger partial charge in [-0.1, -0.05) is 69.3 Å². The molecule has 0 radical (unpaired) electrons. The Kier molecular flexibility index (Phi) is 16.8. The minimum absolute atomic E-state index is 0.00376. The van der Waals surface area contributed by atoms with E-state index in [1.807, 2.05) is 81.7 Å². The van der Waals surface area contributed by atoms with E-state index in [1.165, 1.54) is 4.90 Å². The summed E-state index contributed by atoms with van der Waals surface area (Å²) < 4.78 is 5.25. The lowest BCUT2D eigenvalue weighted by Gasteiger charge is -2.35. The van der Waals surface area contributed by atoms with Gasteiger partial charge in [-0.15, -0.1) is 11.3 Å². The van der Waals surface area contributed by atoms with Gasteiger partial charge < -0.3 is 41.7 Å². The van der Waals surface area contributed by atoms with Crippen LogP contribution in [0.3, 0.4) is 0 Å². The number of hydrogen-bond donors (Lipinski definition) is 6. The molecule has 0 saturated carbocycles. The molecule has 16 heteroatoms. The number of carbonyl (C=O) groups excluding carboxylic acids is 6. The highest BCUT2D eigenvalue weighted by Crippen LogP contribution is 2.28. The highest BCUT2D eigenvalue weighted by molar-refractivity contribution is 7.13. The van der Waals surface area contributed by atoms with E-state index in [4.69, 9.17) is 10.5 Å². The zero-order valence-electron chi connectivity index (χ0n) is 35.8. The molecule has 7 N–H and O–H groups in total. The number of ether oxygens (including phenoxy) is 1. The number of amides is 6. The fourth-order valence-corrected chi connectivity index (χ4v) is 7.58. The standard InChI is InChI=1S/C44H61N7O8S/c1-27-37(60-26-48-27)31-18-16-30(17-19-31)24-47-40(56)34-22-32(52)25-51(34)41(57)38(43(2,3)4)50-36(54)11-9-8-10-28-12-14-29(15-13-28)23-46-39(55)33(20-21-35(45)53)49-42(58)59-44(5,6)7/h12-19,26,32-34,38,52H,8-11,20-25H2,1-7H3,(H2,45,53)(H,46,55)(H,47,56)(H,49,58)(H,50,54)/t32-,33+,34+,38-/m1/s1. The van der Waals surface area contributed by atoms with Crippen LogP contribution in [0.15, 0.2) is 54.0 Å². The molecule has 3 aromatic rings. The number of aryl methyl sites for hydroxylation is 2. The number of nitrogens with two attached hydrogens (primary N) is 1. The van der Waals surface area contributed by atoms with E-state index in [9.17, 15) is 33.9 Å². The Hall–Kier alpha value is -5.35. The molecule has 60 heavy (non-hydrogen) atoms. The number of unbranched alkanes of at least 4 members (excludes halogenated alkanes) is 1. The number of aromatic nitrogens is 1. The van der Waals surface area contributed by atoms with E-state index in [1.54, 1.807) is 32.1 Å². The zero-order chi connectivity index (χ0) is 44.2. The highest BCUT2D eigenvalue weighted by atomic mass is 32.1. The number of primary amides is 1. The predicted molar refractivity (Wildman–Crippen MR) is 229 cm³/mol. The molecule has 4 rings (SSSR count). The van der Waals surface area contributed by atoms with Gasteiger partial charge in [-0.05, 0) is 81.0 Å². The molecule has 1 saturated heterocycles. The predicted octanol–water partition coefficient (Wildman–Crippen LogP) is 4.42. The number of aliphatic hydroxyl groups excluding tert-OH is 1. The first kappa shape index (κ1) is 47.3. The van der Waals surface area contributed by atoms with Crippen LogP contribution in [0.1, 0.15) is 102 Å². The number of carbonyl (C=O) groups is 6. The minimum atomic E-state index is -1.00. The van der Waals surface area contributed by atoms with Crippen molar-refractivity contribution >= 4 is 47.0 Å². The second kappa shape index (κ2) is 21.3. The molecule has 0 aliphatic carbocycles. The van der Waals surface area contributed by atoms with E-state index in [2.05, 4.69) is 26.3 Å². The SMILES string of the molecule is Cc1ncsc1-c1ccc(CNC(=O)[C@@H]2C[C@@H](O)CN2C(=O)[C@@H](NC(=O)CCCCc2ccc(CNC(=O)[C@H](CCC(N)=O)NC(=O)OC(C)(C)C)cc2)C(C)(C)C)cc1. The summed E-state index contributed by atoms with van der Waals surface area (Å²) in [5, 5.41) is 21.7. The maximum atomic E-state index is 14.0. The molecule has 6 amide bonds. The molecule has 1 aromatic heterocycles. The van der Waals surface area contributed by atoms with Crippen molar-refractivity contribution in [3.8, 4) is 10.4 Å². The Bertz CT molecular complexity index is 1950. The van der Waals surface area contributed by atoms with Crippen LogP contribution in [-0.2, 0) is 48.2 Å². The Balaban J connectivity index is 1.23. The summed E-state index contributed by atoms with van der Waals surface area (Å²) in [7, 11) is 0. The first-order valence-electron chi connectivity index (χ1n) is 20.4. The Morgan fingerprint density at radius 2 is 1.50 bits per heavy atom. The average molecular weight is 848 g/mol. The summed E-state index contributed by atoms with van der Waals surface area (Å²) >= 11 is 1.57. The quantitative estimate of drug-likeness (QED) is 0.0997. The van der Waals surface area contributed by atoms with Crippen LogP contribution in [0.4, 0.5) is 4.79 Å². The summed E-state index contributed by atoms with van der Waals surface area (Å²) in [5.74, 6) is -2.11. The number of nitrogens with one attached hydrogen (secondary N) is 4. The summed E-state index contributed by atoms with van der Waals surface area (Å²) in [4.78, 5) is 83.9. The number of likely N-dealkylation sites (tertiary alicyclic amines) is 1. The molecule has 1 aliphatic heterocycles. The second-order valence-corrected chi connectivity index (χ2v) is 18.2. The van der Waals surface area contributed by atoms with Crippen LogP contribution in [0.2, 0.25) is 0 Å². The van der Waals surface area contributed by atoms with Crippen molar-refractivity contribution in [3.05, 3.63) is 76.4 Å². The number of aliphatic hydroxyl groups is 1. The summed E-state index contributed by atoms with van der Waals surface area (Å²) in [6.45, 7) is 13.1. The molecule has 1 aliphatic rings. The lowest BCUT2D eigenvalue weighted by atomic mass is 9.85. The third-order valence-corrected chi connectivity index (χ3v) is 11.0. The summed E-state index contributed by atoms with van der Waals surface area (Å²) in [6.07, 6.45) is 0.597. The van der Waals surface area contributed by atoms with Gasteiger partial charge in [0.2, 0.25) is 29.5 Å². The Morgan fingerprint density at radius 1 is 0.883 bits per heavy atom. The molecule has 326 valence electrons. The number of rotatable bonds is 18. The van der Waals surface area contributed by atoms with Crippen LogP contribution < -0.4 is 27.0 Å². The van der Waals surface area contributed by atoms with Crippen molar-refractivity contribution in [2.45, 2.75) is 136 Å². The summed E-state index contributed by atoms with van der Waals surface area (Å²) in [6, 6.07) is 12.7. The largest absolute Gasteiger partial charge is 0.444 e. The first-order valence-corrected chi connectivity index (χ1v) is 21.3. The van der Waals surface area contributed by atoms with Crippen molar-refractivity contribution in [1.29, 1.82) is 0 Å². The van der Waals surface area contributed by atoms with Crippen molar-refractivity contribution in [2.75, 3.05) is 6.54 Å². The first-order chi connectivity index (χ1) is 28.2. The molecule has 4 atom stereocenters. The van der Waals surface area contributed by atoms with Gasteiger partial charge in [0.25, 0.3) is 0 Å². The van der Waals surface area contributed by atoms with Crippen molar-refractivity contribution in [1.82, 2.24) is 31.2 Å². The lowest BCUT2D eigenvalue weighted by molar-refractivity contribution is -0.144. The molecule has 0 unspecified atom stereocenters. The summed E-state index contributed by atoms with van der Waals surface area (Å²) in [5.41, 5.74) is 10.4. The topological polar surface area (TPSA) is 222 Å². The Morgan fingerprint density at radius 3 is 2.08 bits per heavy atom. The minimum Gasteiger partial charge on any atom is -0.444 e. The fourth-order valence-electron chi connectivity index (χ4n) is 6.77. The second-order valence-electron chi connectivity index (χ2n) is 17.4. The number of β-amino-alcohol motifs (C(OH)–C–C–N with tert-alkyl or cyclic N) is 1. The average Bonchev–Trinajstić information content (AvgIpc) is 3.79. The molecule has 15 nitrogen and oxygen atoms in total. The number of alkyl carbamates (subject to hydrolysis) is 1. The van der Waals surface area contributed by atoms with E-state index < -0.39 is 59.1 Å². The van der Waals surface area contributed by atoms with Gasteiger partial charge in [0.1, 0.15) is 23.7 Å². The van der Waals surface area contributed by atoms with Crippen LogP contribution in [0, 0.1) is 12.3 Å². The molecule has 1 fully saturated rings. The number of nitrogens with zero attached hydrogens (tertiary/aromatic N) is 2. The smallest absolute Gasteiger partial charge is 0.408 e. The maximum Gasteiger partial charge on any atom is 0.408 e. The third kappa shape index (κ3) is 14.7. The third-order valence-electron chi connectivity index (χ3n) is 10.0. The van der Waals surface area contributed by atoms with Gasteiger partial charge in [-0.25, -0.2) is 9.78 Å². The zero-order valence-corrected chi connectivity index (χ0v) is 36.6. The molecular weight excluding hydrogens is 787 g/mol. The van der Waals surface area contributed by atoms with Gasteiger partial charge >= 0.3 is 6.09 Å². The van der Waals surface area contributed by atoms with Gasteiger partial charge in [-0.2, -0.15) is 0 Å². The number of thiazole rings is 1. The Labute approximate surface area is 356 Å². The van der Waals surface area contributed by atoms with Gasteiger partial charge in [0, 0.05) is 38.9 Å². The molecule has 0 bridgehead atoms. The van der Waals surface area contributed by atoms with Crippen LogP contribution in [0.5, 0.6) is 0 Å². The van der Waals surface area contributed by atoms with E-state index in [-0.39, 0.29) is 57.1 Å². The monoisotopic (exact) mass is 847 g/mol. The van der Waals surface area contributed by atoms with Crippen LogP contribution in [-0.4, -0.2) is 87.0 Å². The van der Waals surface area contributed by atoms with Gasteiger partial charge in [0.15, 0.2) is 0 Å². The van der Waals surface area contributed by atoms with E-state index in [0.717, 1.165) is 32.8 Å². The van der Waals surface area contributed by atoms with Gasteiger partial charge in [0.05, 0.1) is 22.2 Å². The normalized spacial score (nSPS) is 16.4. The van der Waals surface area contributed by atoms with Crippen molar-refractivity contribution in [2.24, 2.45) is 11.1 Å². The van der Waals surface area contributed by atoms with E-state index >= 15 is 0 Å². The van der Waals surface area contributed by atoms with Crippen molar-refractivity contribution < 1.29 is 38.6 Å². The maximum absolute atomic E-state index is 14.0. The molecule has 2 aromatic carbocycles. The molecule has 2 heterocycles. The highest BCUT2D eigenvalue weighted by Gasteiger charge is 2.44. The van der Waals surface area contributed by atoms with Gasteiger partial charge in [-0.3, -0.25) is 24.0 Å². The van der Waals surface area contributed by atoms with Crippen LogP contribution >= 0.6 is 11.3 Å². The number of hydrogen-bond acceptors (Lipinski definition) is 10. The van der Waals surface area contributed by atoms with Crippen LogP contribution in [0.25, 0.3) is 10.4 Å². The molecular formula is C44H61N7O8S.